The van der Waals surface area contributed by atoms with Gasteiger partial charge in [0.1, 0.15) is 5.78 Å². The zero-order valence-electron chi connectivity index (χ0n) is 8.88. The van der Waals surface area contributed by atoms with Gasteiger partial charge in [-0.1, -0.05) is 6.92 Å². The summed E-state index contributed by atoms with van der Waals surface area (Å²) in [6.45, 7) is 6.26. The quantitative estimate of drug-likeness (QED) is 0.564. The molecule has 0 N–H and O–H groups in total. The summed E-state index contributed by atoms with van der Waals surface area (Å²) in [6.07, 6.45) is 5.80. The van der Waals surface area contributed by atoms with E-state index in [0.717, 1.165) is 18.9 Å². The molecule has 0 aromatic heterocycles. The maximum absolute atomic E-state index is 10.7. The summed E-state index contributed by atoms with van der Waals surface area (Å²) in [4.78, 5) is 13.2. The Kier molecular flexibility index (Phi) is 4.43. The maximum Gasteiger partial charge on any atom is 0.129 e. The van der Waals surface area contributed by atoms with E-state index in [1.54, 1.807) is 6.92 Å². The molecule has 0 aromatic carbocycles. The molecule has 0 heterocycles. The third kappa shape index (κ3) is 4.41. The molecule has 0 unspecified atom stereocenters. The van der Waals surface area contributed by atoms with Gasteiger partial charge in [-0.2, -0.15) is 0 Å². The van der Waals surface area contributed by atoms with Crippen molar-refractivity contribution in [3.05, 3.63) is 0 Å². The summed E-state index contributed by atoms with van der Waals surface area (Å²) in [7, 11) is 0. The molecule has 1 aliphatic carbocycles. The average Bonchev–Trinajstić information content (AvgIpc) is 2.87. The summed E-state index contributed by atoms with van der Waals surface area (Å²) in [5, 5.41) is 0. The van der Waals surface area contributed by atoms with Crippen molar-refractivity contribution >= 4 is 5.78 Å². The second-order valence-electron chi connectivity index (χ2n) is 4.02. The van der Waals surface area contributed by atoms with Gasteiger partial charge in [0, 0.05) is 12.5 Å². The normalized spacial score (nSPS) is 16.5. The van der Waals surface area contributed by atoms with E-state index in [1.807, 2.05) is 0 Å². The molecule has 0 aromatic rings. The number of rotatable bonds is 7. The van der Waals surface area contributed by atoms with Crippen LogP contribution in [0.25, 0.3) is 0 Å². The van der Waals surface area contributed by atoms with Gasteiger partial charge in [-0.3, -0.25) is 0 Å². The van der Waals surface area contributed by atoms with E-state index in [1.165, 1.54) is 32.4 Å². The van der Waals surface area contributed by atoms with Crippen LogP contribution in [0.1, 0.15) is 46.0 Å². The van der Waals surface area contributed by atoms with Gasteiger partial charge in [0.05, 0.1) is 0 Å². The summed E-state index contributed by atoms with van der Waals surface area (Å²) < 4.78 is 0. The van der Waals surface area contributed by atoms with Crippen LogP contribution in [0.15, 0.2) is 0 Å². The first-order valence-electron chi connectivity index (χ1n) is 5.47. The molecular formula is C11H21NO. The zero-order chi connectivity index (χ0) is 9.68. The minimum atomic E-state index is 0.328. The summed E-state index contributed by atoms with van der Waals surface area (Å²) in [6, 6.07) is 0.877. The first kappa shape index (κ1) is 10.7. The van der Waals surface area contributed by atoms with Gasteiger partial charge in [-0.25, -0.2) is 0 Å². The van der Waals surface area contributed by atoms with Crippen LogP contribution >= 0.6 is 0 Å². The molecule has 0 amide bonds. The smallest absolute Gasteiger partial charge is 0.129 e. The fourth-order valence-electron chi connectivity index (χ4n) is 1.73. The second-order valence-corrected chi connectivity index (χ2v) is 4.02. The molecule has 13 heavy (non-hydrogen) atoms. The van der Waals surface area contributed by atoms with E-state index in [4.69, 9.17) is 0 Å². The van der Waals surface area contributed by atoms with Gasteiger partial charge < -0.3 is 9.69 Å². The molecule has 1 rings (SSSR count). The van der Waals surface area contributed by atoms with E-state index in [9.17, 15) is 4.79 Å². The van der Waals surface area contributed by atoms with Crippen molar-refractivity contribution in [2.75, 3.05) is 13.1 Å². The number of carbonyl (C=O) groups excluding carboxylic acids is 1. The van der Waals surface area contributed by atoms with Gasteiger partial charge in [0.2, 0.25) is 0 Å². The van der Waals surface area contributed by atoms with E-state index in [2.05, 4.69) is 11.8 Å². The van der Waals surface area contributed by atoms with Gasteiger partial charge in [0.15, 0.2) is 0 Å². The number of unbranched alkanes of at least 4 members (excludes halogenated alkanes) is 1. The molecule has 2 heteroatoms. The Morgan fingerprint density at radius 1 is 1.38 bits per heavy atom. The lowest BCUT2D eigenvalue weighted by atomic mass is 10.2. The molecule has 0 aliphatic heterocycles. The maximum atomic E-state index is 10.7. The molecular weight excluding hydrogens is 162 g/mol. The Balaban J connectivity index is 1.99. The van der Waals surface area contributed by atoms with Crippen LogP contribution in [-0.2, 0) is 4.79 Å². The topological polar surface area (TPSA) is 20.3 Å². The molecule has 0 bridgehead atoms. The van der Waals surface area contributed by atoms with Crippen molar-refractivity contribution < 1.29 is 4.79 Å². The van der Waals surface area contributed by atoms with Gasteiger partial charge in [0.25, 0.3) is 0 Å². The lowest BCUT2D eigenvalue weighted by molar-refractivity contribution is -0.117. The van der Waals surface area contributed by atoms with E-state index >= 15 is 0 Å². The standard InChI is InChI=1S/C11H21NO/c1-3-12(11-7-8-11)9-5-4-6-10(2)13/h11H,3-9H2,1-2H3. The molecule has 0 saturated heterocycles. The number of carbonyl (C=O) groups is 1. The van der Waals surface area contributed by atoms with Crippen LogP contribution in [0.2, 0.25) is 0 Å². The molecule has 1 fully saturated rings. The van der Waals surface area contributed by atoms with Crippen molar-refractivity contribution in [2.24, 2.45) is 0 Å². The Bertz CT molecular complexity index is 163. The molecule has 2 nitrogen and oxygen atoms in total. The Morgan fingerprint density at radius 2 is 2.08 bits per heavy atom. The minimum Gasteiger partial charge on any atom is -0.301 e. The third-order valence-electron chi connectivity index (χ3n) is 2.69. The van der Waals surface area contributed by atoms with Gasteiger partial charge >= 0.3 is 0 Å². The predicted octanol–water partition coefficient (Wildman–Crippen LogP) is 2.23. The molecule has 0 spiro atoms. The van der Waals surface area contributed by atoms with Crippen LogP contribution in [0.4, 0.5) is 0 Å². The van der Waals surface area contributed by atoms with Crippen molar-refractivity contribution in [3.8, 4) is 0 Å². The Labute approximate surface area is 81.3 Å². The Morgan fingerprint density at radius 3 is 2.54 bits per heavy atom. The van der Waals surface area contributed by atoms with E-state index in [-0.39, 0.29) is 0 Å². The second kappa shape index (κ2) is 5.38. The van der Waals surface area contributed by atoms with E-state index < -0.39 is 0 Å². The molecule has 76 valence electrons. The van der Waals surface area contributed by atoms with Crippen molar-refractivity contribution in [2.45, 2.75) is 52.0 Å². The Hall–Kier alpha value is -0.370. The third-order valence-corrected chi connectivity index (χ3v) is 2.69. The van der Waals surface area contributed by atoms with Crippen LogP contribution in [0.5, 0.6) is 0 Å². The fourth-order valence-corrected chi connectivity index (χ4v) is 1.73. The highest BCUT2D eigenvalue weighted by Gasteiger charge is 2.26. The number of nitrogens with zero attached hydrogens (tertiary/aromatic N) is 1. The van der Waals surface area contributed by atoms with Gasteiger partial charge in [-0.15, -0.1) is 0 Å². The summed E-state index contributed by atoms with van der Waals surface area (Å²) in [5.74, 6) is 0.328. The summed E-state index contributed by atoms with van der Waals surface area (Å²) in [5.41, 5.74) is 0. The monoisotopic (exact) mass is 183 g/mol. The van der Waals surface area contributed by atoms with Crippen LogP contribution in [0.3, 0.4) is 0 Å². The first-order chi connectivity index (χ1) is 6.24. The molecule has 1 aliphatic rings. The zero-order valence-corrected chi connectivity index (χ0v) is 8.88. The lowest BCUT2D eigenvalue weighted by Gasteiger charge is -2.19. The first-order valence-corrected chi connectivity index (χ1v) is 5.47. The lowest BCUT2D eigenvalue weighted by Crippen LogP contribution is -2.26. The van der Waals surface area contributed by atoms with E-state index in [0.29, 0.717) is 5.78 Å². The van der Waals surface area contributed by atoms with Crippen molar-refractivity contribution in [1.82, 2.24) is 4.90 Å². The van der Waals surface area contributed by atoms with Crippen LogP contribution < -0.4 is 0 Å². The number of Topliss-reactive ketones (excluding diaryl/α,β-unsaturated/α-hetero) is 1. The number of hydrogen-bond acceptors (Lipinski definition) is 2. The average molecular weight is 183 g/mol. The number of hydrogen-bond donors (Lipinski definition) is 0. The van der Waals surface area contributed by atoms with Gasteiger partial charge in [-0.05, 0) is 45.7 Å². The summed E-state index contributed by atoms with van der Waals surface area (Å²) >= 11 is 0. The SMILES string of the molecule is CCN(CCCCC(C)=O)C1CC1. The molecule has 0 radical (unpaired) electrons. The van der Waals surface area contributed by atoms with Crippen molar-refractivity contribution in [3.63, 3.8) is 0 Å². The number of ketones is 1. The fraction of sp³-hybridized carbons (Fsp3) is 0.909. The largest absolute Gasteiger partial charge is 0.301 e. The molecule has 0 atom stereocenters. The highest BCUT2D eigenvalue weighted by Crippen LogP contribution is 2.26. The highest BCUT2D eigenvalue weighted by molar-refractivity contribution is 5.75. The minimum absolute atomic E-state index is 0.328. The molecule has 1 saturated carbocycles. The van der Waals surface area contributed by atoms with Crippen LogP contribution in [0, 0.1) is 0 Å². The van der Waals surface area contributed by atoms with Crippen molar-refractivity contribution in [1.29, 1.82) is 0 Å². The highest BCUT2D eigenvalue weighted by atomic mass is 16.1. The predicted molar refractivity (Wildman–Crippen MR) is 54.8 cm³/mol. The van der Waals surface area contributed by atoms with Crippen LogP contribution in [-0.4, -0.2) is 29.8 Å².